The van der Waals surface area contributed by atoms with E-state index >= 15 is 0 Å². The molecule has 0 radical (unpaired) electrons. The van der Waals surface area contributed by atoms with E-state index in [1.165, 1.54) is 0 Å². The van der Waals surface area contributed by atoms with E-state index in [9.17, 15) is 9.59 Å². The monoisotopic (exact) mass is 157 g/mol. The fraction of sp³-hybridized carbons (Fsp3) is 0.714. The van der Waals surface area contributed by atoms with Gasteiger partial charge >= 0.3 is 0 Å². The Bertz CT molecular complexity index is 160. The molecule has 62 valence electrons. The lowest BCUT2D eigenvalue weighted by molar-refractivity contribution is -0.127. The number of morpholine rings is 1. The van der Waals surface area contributed by atoms with Crippen LogP contribution >= 0.6 is 0 Å². The van der Waals surface area contributed by atoms with E-state index in [2.05, 4.69) is 5.32 Å². The predicted octanol–water partition coefficient (Wildman–Crippen LogP) is -0.870. The van der Waals surface area contributed by atoms with Crippen molar-refractivity contribution in [1.29, 1.82) is 0 Å². The molecule has 0 amide bonds. The lowest BCUT2D eigenvalue weighted by atomic mass is 10.1. The van der Waals surface area contributed by atoms with Crippen LogP contribution in [0.25, 0.3) is 0 Å². The van der Waals surface area contributed by atoms with Crippen molar-refractivity contribution in [3.63, 3.8) is 0 Å². The maximum atomic E-state index is 10.3. The highest BCUT2D eigenvalue weighted by Crippen LogP contribution is 2.04. The first-order chi connectivity index (χ1) is 5.27. The van der Waals surface area contributed by atoms with Gasteiger partial charge in [0, 0.05) is 6.04 Å². The molecule has 3 atom stereocenters. The van der Waals surface area contributed by atoms with Crippen molar-refractivity contribution in [2.75, 3.05) is 6.61 Å². The Hall–Kier alpha value is -0.740. The van der Waals surface area contributed by atoms with Crippen LogP contribution in [0.3, 0.4) is 0 Å². The molecule has 4 nitrogen and oxygen atoms in total. The Morgan fingerprint density at radius 1 is 1.45 bits per heavy atom. The van der Waals surface area contributed by atoms with Crippen molar-refractivity contribution in [3.05, 3.63) is 0 Å². The standard InChI is InChI=1S/C7H11NO3/c1-5-7(3-10)11-4-6(2-9)8-5/h2-3,5-8H,4H2,1H3. The number of carbonyl (C=O) groups is 2. The number of carbonyl (C=O) groups excluding carboxylic acids is 2. The van der Waals surface area contributed by atoms with E-state index in [0.29, 0.717) is 0 Å². The largest absolute Gasteiger partial charge is 0.367 e. The third kappa shape index (κ3) is 1.85. The van der Waals surface area contributed by atoms with Crippen molar-refractivity contribution in [2.45, 2.75) is 25.1 Å². The normalized spacial score (nSPS) is 38.1. The summed E-state index contributed by atoms with van der Waals surface area (Å²) in [5.74, 6) is 0. The minimum absolute atomic E-state index is 0.0727. The molecule has 0 aliphatic carbocycles. The van der Waals surface area contributed by atoms with Gasteiger partial charge in [-0.2, -0.15) is 0 Å². The summed E-state index contributed by atoms with van der Waals surface area (Å²) in [7, 11) is 0. The summed E-state index contributed by atoms with van der Waals surface area (Å²) in [5.41, 5.74) is 0. The number of hydrogen-bond donors (Lipinski definition) is 1. The molecular weight excluding hydrogens is 146 g/mol. The Balaban J connectivity index is 2.46. The first-order valence-corrected chi connectivity index (χ1v) is 3.56. The fourth-order valence-electron chi connectivity index (χ4n) is 1.08. The third-order valence-corrected chi connectivity index (χ3v) is 1.74. The van der Waals surface area contributed by atoms with Crippen LogP contribution in [-0.4, -0.2) is 37.4 Å². The topological polar surface area (TPSA) is 55.4 Å². The van der Waals surface area contributed by atoms with Crippen LogP contribution in [0.2, 0.25) is 0 Å². The van der Waals surface area contributed by atoms with Crippen LogP contribution in [0, 0.1) is 0 Å². The van der Waals surface area contributed by atoms with E-state index in [4.69, 9.17) is 4.74 Å². The molecule has 0 spiro atoms. The number of ether oxygens (including phenoxy) is 1. The van der Waals surface area contributed by atoms with Crippen LogP contribution in [0.1, 0.15) is 6.92 Å². The molecule has 0 saturated carbocycles. The van der Waals surface area contributed by atoms with E-state index in [1.807, 2.05) is 6.92 Å². The lowest BCUT2D eigenvalue weighted by Gasteiger charge is -2.30. The van der Waals surface area contributed by atoms with Crippen molar-refractivity contribution >= 4 is 12.6 Å². The van der Waals surface area contributed by atoms with Gasteiger partial charge in [-0.1, -0.05) is 0 Å². The maximum absolute atomic E-state index is 10.3. The van der Waals surface area contributed by atoms with Crippen LogP contribution < -0.4 is 5.32 Å². The van der Waals surface area contributed by atoms with Gasteiger partial charge in [-0.3, -0.25) is 0 Å². The van der Waals surface area contributed by atoms with Gasteiger partial charge in [0.2, 0.25) is 0 Å². The molecule has 1 saturated heterocycles. The zero-order valence-corrected chi connectivity index (χ0v) is 6.32. The van der Waals surface area contributed by atoms with Gasteiger partial charge in [0.1, 0.15) is 18.7 Å². The molecular formula is C7H11NO3. The highest BCUT2D eigenvalue weighted by Gasteiger charge is 2.26. The number of nitrogens with one attached hydrogen (secondary N) is 1. The molecule has 11 heavy (non-hydrogen) atoms. The lowest BCUT2D eigenvalue weighted by Crippen LogP contribution is -2.53. The minimum Gasteiger partial charge on any atom is -0.367 e. The Morgan fingerprint density at radius 2 is 2.18 bits per heavy atom. The van der Waals surface area contributed by atoms with Gasteiger partial charge in [-0.25, -0.2) is 0 Å². The summed E-state index contributed by atoms with van der Waals surface area (Å²) in [6, 6.07) is -0.336. The summed E-state index contributed by atoms with van der Waals surface area (Å²) in [6.07, 6.45) is 1.13. The average molecular weight is 157 g/mol. The van der Waals surface area contributed by atoms with E-state index in [1.54, 1.807) is 0 Å². The van der Waals surface area contributed by atoms with Crippen molar-refractivity contribution in [2.24, 2.45) is 0 Å². The van der Waals surface area contributed by atoms with Gasteiger partial charge in [0.15, 0.2) is 0 Å². The van der Waals surface area contributed by atoms with Crippen LogP contribution in [-0.2, 0) is 14.3 Å². The molecule has 4 heteroatoms. The second-order valence-electron chi connectivity index (χ2n) is 2.63. The average Bonchev–Trinajstić information content (AvgIpc) is 2.04. The summed E-state index contributed by atoms with van der Waals surface area (Å²) in [4.78, 5) is 20.6. The van der Waals surface area contributed by atoms with Gasteiger partial charge < -0.3 is 19.6 Å². The Labute approximate surface area is 64.9 Å². The second kappa shape index (κ2) is 3.59. The van der Waals surface area contributed by atoms with Crippen molar-refractivity contribution < 1.29 is 14.3 Å². The Morgan fingerprint density at radius 3 is 2.64 bits per heavy atom. The fourth-order valence-corrected chi connectivity index (χ4v) is 1.08. The molecule has 0 bridgehead atoms. The Kier molecular flexibility index (Phi) is 2.73. The zero-order valence-electron chi connectivity index (χ0n) is 6.32. The molecule has 1 aliphatic heterocycles. The van der Waals surface area contributed by atoms with E-state index < -0.39 is 6.10 Å². The number of rotatable bonds is 2. The first kappa shape index (κ1) is 8.36. The van der Waals surface area contributed by atoms with Gasteiger partial charge in [0.05, 0.1) is 12.6 Å². The molecule has 1 heterocycles. The summed E-state index contributed by atoms with van der Waals surface area (Å²) >= 11 is 0. The molecule has 0 aromatic rings. The zero-order chi connectivity index (χ0) is 8.27. The predicted molar refractivity (Wildman–Crippen MR) is 38.3 cm³/mol. The van der Waals surface area contributed by atoms with Gasteiger partial charge in [-0.15, -0.1) is 0 Å². The summed E-state index contributed by atoms with van der Waals surface area (Å²) in [6.45, 7) is 2.10. The summed E-state index contributed by atoms with van der Waals surface area (Å²) in [5, 5.41) is 2.94. The van der Waals surface area contributed by atoms with Crippen LogP contribution in [0.4, 0.5) is 0 Å². The first-order valence-electron chi connectivity index (χ1n) is 3.56. The van der Waals surface area contributed by atoms with Crippen LogP contribution in [0.15, 0.2) is 0 Å². The SMILES string of the molecule is CC1NC(C=O)COC1C=O. The van der Waals surface area contributed by atoms with E-state index in [0.717, 1.165) is 12.6 Å². The second-order valence-corrected chi connectivity index (χ2v) is 2.63. The minimum atomic E-state index is -0.411. The van der Waals surface area contributed by atoms with Crippen molar-refractivity contribution in [1.82, 2.24) is 5.32 Å². The molecule has 3 unspecified atom stereocenters. The smallest absolute Gasteiger partial charge is 0.150 e. The van der Waals surface area contributed by atoms with Gasteiger partial charge in [0.25, 0.3) is 0 Å². The number of hydrogen-bond acceptors (Lipinski definition) is 4. The van der Waals surface area contributed by atoms with Gasteiger partial charge in [-0.05, 0) is 6.92 Å². The quantitative estimate of drug-likeness (QED) is 0.529. The third-order valence-electron chi connectivity index (χ3n) is 1.74. The van der Waals surface area contributed by atoms with E-state index in [-0.39, 0.29) is 18.7 Å². The summed E-state index contributed by atoms with van der Waals surface area (Å²) < 4.78 is 5.08. The molecule has 1 N–H and O–H groups in total. The molecule has 0 aromatic carbocycles. The highest BCUT2D eigenvalue weighted by atomic mass is 16.5. The van der Waals surface area contributed by atoms with Crippen LogP contribution in [0.5, 0.6) is 0 Å². The highest BCUT2D eigenvalue weighted by molar-refractivity contribution is 5.61. The van der Waals surface area contributed by atoms with Crippen molar-refractivity contribution in [3.8, 4) is 0 Å². The number of aldehydes is 2. The molecule has 1 rings (SSSR count). The molecule has 0 aromatic heterocycles. The molecule has 1 aliphatic rings. The maximum Gasteiger partial charge on any atom is 0.150 e. The molecule has 1 fully saturated rings.